The minimum atomic E-state index is -0.152. The first-order valence-corrected chi connectivity index (χ1v) is 7.88. The highest BCUT2D eigenvalue weighted by atomic mass is 16.5. The van der Waals surface area contributed by atoms with Gasteiger partial charge in [0.15, 0.2) is 5.78 Å². The van der Waals surface area contributed by atoms with Crippen molar-refractivity contribution in [3.05, 3.63) is 71.5 Å². The number of carbonyl (C=O) groups is 1. The van der Waals surface area contributed by atoms with E-state index in [1.165, 1.54) is 6.21 Å². The number of ketones is 1. The Morgan fingerprint density at radius 1 is 1.12 bits per heavy atom. The van der Waals surface area contributed by atoms with E-state index in [0.717, 1.165) is 11.3 Å². The fourth-order valence-electron chi connectivity index (χ4n) is 2.83. The molecule has 122 valence electrons. The number of allylic oxidation sites excluding steroid dienone is 2. The van der Waals surface area contributed by atoms with Crippen LogP contribution in [0.5, 0.6) is 5.75 Å². The van der Waals surface area contributed by atoms with E-state index >= 15 is 0 Å². The van der Waals surface area contributed by atoms with Gasteiger partial charge in [0, 0.05) is 18.6 Å². The number of aliphatic hydroxyl groups excluding tert-OH is 1. The van der Waals surface area contributed by atoms with Gasteiger partial charge in [-0.15, -0.1) is 0 Å². The van der Waals surface area contributed by atoms with Gasteiger partial charge in [-0.25, -0.2) is 0 Å². The number of Topliss-reactive ketones (excluding diaryl/α,β-unsaturated/α-hetero) is 1. The van der Waals surface area contributed by atoms with Gasteiger partial charge < -0.3 is 9.84 Å². The Bertz CT molecular complexity index is 776. The van der Waals surface area contributed by atoms with Crippen LogP contribution in [-0.2, 0) is 4.79 Å². The van der Waals surface area contributed by atoms with E-state index in [-0.39, 0.29) is 17.5 Å². The van der Waals surface area contributed by atoms with Crippen LogP contribution in [0.15, 0.2) is 70.9 Å². The topological polar surface area (TPSA) is 58.9 Å². The molecule has 1 atom stereocenters. The molecule has 0 amide bonds. The van der Waals surface area contributed by atoms with Crippen LogP contribution < -0.4 is 4.74 Å². The van der Waals surface area contributed by atoms with Gasteiger partial charge in [-0.3, -0.25) is 9.79 Å². The number of aliphatic hydroxyl groups is 1. The number of benzene rings is 2. The molecular weight excluding hydrogens is 302 g/mol. The van der Waals surface area contributed by atoms with Crippen LogP contribution in [0.2, 0.25) is 0 Å². The summed E-state index contributed by atoms with van der Waals surface area (Å²) in [4.78, 5) is 16.5. The largest absolute Gasteiger partial charge is 0.511 e. The van der Waals surface area contributed by atoms with Crippen LogP contribution in [0.25, 0.3) is 0 Å². The predicted molar refractivity (Wildman–Crippen MR) is 94.2 cm³/mol. The van der Waals surface area contributed by atoms with E-state index in [2.05, 4.69) is 4.99 Å². The molecule has 3 rings (SSSR count). The average Bonchev–Trinajstić information content (AvgIpc) is 2.63. The summed E-state index contributed by atoms with van der Waals surface area (Å²) in [6.45, 7) is 0. The third-order valence-electron chi connectivity index (χ3n) is 4.18. The number of hydrogen-bond acceptors (Lipinski definition) is 4. The van der Waals surface area contributed by atoms with E-state index in [4.69, 9.17) is 4.74 Å². The zero-order chi connectivity index (χ0) is 16.9. The first kappa shape index (κ1) is 16.0. The minimum absolute atomic E-state index is 0.0723. The number of carbonyl (C=O) groups excluding carboxylic acids is 1. The number of hydrogen-bond donors (Lipinski definition) is 1. The molecule has 1 unspecified atom stereocenters. The molecule has 1 aliphatic rings. The zero-order valence-corrected chi connectivity index (χ0v) is 13.5. The van der Waals surface area contributed by atoms with Crippen molar-refractivity contribution in [3.63, 3.8) is 0 Å². The SMILES string of the molecule is COc1ccc(N=CC2=C(O)C(c3ccccc3)CCC2=O)cc1. The van der Waals surface area contributed by atoms with Gasteiger partial charge >= 0.3 is 0 Å². The van der Waals surface area contributed by atoms with E-state index < -0.39 is 0 Å². The van der Waals surface area contributed by atoms with Crippen molar-refractivity contribution in [3.8, 4) is 5.75 Å². The monoisotopic (exact) mass is 321 g/mol. The molecule has 0 aliphatic heterocycles. The fraction of sp³-hybridized carbons (Fsp3) is 0.200. The number of rotatable bonds is 4. The molecule has 0 saturated carbocycles. The van der Waals surface area contributed by atoms with Crippen molar-refractivity contribution in [1.29, 1.82) is 0 Å². The first-order valence-electron chi connectivity index (χ1n) is 7.88. The molecule has 0 aromatic heterocycles. The van der Waals surface area contributed by atoms with Crippen LogP contribution in [0.1, 0.15) is 24.3 Å². The van der Waals surface area contributed by atoms with E-state index in [1.54, 1.807) is 31.4 Å². The summed E-state index contributed by atoms with van der Waals surface area (Å²) in [5, 5.41) is 10.6. The van der Waals surface area contributed by atoms with E-state index in [0.29, 0.717) is 24.1 Å². The summed E-state index contributed by atoms with van der Waals surface area (Å²) in [5.41, 5.74) is 2.01. The third-order valence-corrected chi connectivity index (χ3v) is 4.18. The van der Waals surface area contributed by atoms with Gasteiger partial charge in [-0.1, -0.05) is 30.3 Å². The molecule has 0 bridgehead atoms. The van der Waals surface area contributed by atoms with Crippen LogP contribution in [0, 0.1) is 0 Å². The maximum atomic E-state index is 12.2. The lowest BCUT2D eigenvalue weighted by atomic mass is 9.83. The molecule has 24 heavy (non-hydrogen) atoms. The third kappa shape index (κ3) is 3.38. The van der Waals surface area contributed by atoms with Crippen LogP contribution >= 0.6 is 0 Å². The second-order valence-electron chi connectivity index (χ2n) is 5.68. The number of methoxy groups -OCH3 is 1. The minimum Gasteiger partial charge on any atom is -0.511 e. The Morgan fingerprint density at radius 2 is 1.83 bits per heavy atom. The Labute approximate surface area is 141 Å². The quantitative estimate of drug-likeness (QED) is 0.851. The lowest BCUT2D eigenvalue weighted by molar-refractivity contribution is -0.115. The molecule has 2 aromatic rings. The Hall–Kier alpha value is -2.88. The van der Waals surface area contributed by atoms with Gasteiger partial charge in [0.05, 0.1) is 18.4 Å². The van der Waals surface area contributed by atoms with Crippen molar-refractivity contribution < 1.29 is 14.6 Å². The van der Waals surface area contributed by atoms with Crippen LogP contribution in [0.4, 0.5) is 5.69 Å². The number of aliphatic imine (C=N–C) groups is 1. The van der Waals surface area contributed by atoms with Crippen molar-refractivity contribution in [2.45, 2.75) is 18.8 Å². The fourth-order valence-corrected chi connectivity index (χ4v) is 2.83. The molecule has 0 fully saturated rings. The maximum absolute atomic E-state index is 12.2. The summed E-state index contributed by atoms with van der Waals surface area (Å²) < 4.78 is 5.11. The van der Waals surface area contributed by atoms with Gasteiger partial charge in [0.1, 0.15) is 11.5 Å². The van der Waals surface area contributed by atoms with Crippen molar-refractivity contribution in [2.75, 3.05) is 7.11 Å². The molecule has 0 heterocycles. The van der Waals surface area contributed by atoms with Crippen molar-refractivity contribution in [2.24, 2.45) is 4.99 Å². The lowest BCUT2D eigenvalue weighted by Crippen LogP contribution is -2.19. The molecule has 2 aromatic carbocycles. The van der Waals surface area contributed by atoms with Crippen molar-refractivity contribution in [1.82, 2.24) is 0 Å². The Balaban J connectivity index is 1.88. The summed E-state index contributed by atoms with van der Waals surface area (Å²) >= 11 is 0. The molecule has 0 spiro atoms. The van der Waals surface area contributed by atoms with Gasteiger partial charge in [-0.05, 0) is 36.2 Å². The van der Waals surface area contributed by atoms with E-state index in [1.807, 2.05) is 30.3 Å². The van der Waals surface area contributed by atoms with Gasteiger partial charge in [-0.2, -0.15) is 0 Å². The highest BCUT2D eigenvalue weighted by molar-refractivity contribution is 6.14. The summed E-state index contributed by atoms with van der Waals surface area (Å²) in [6.07, 6.45) is 2.50. The molecule has 1 aliphatic carbocycles. The molecular formula is C20H19NO3. The summed E-state index contributed by atoms with van der Waals surface area (Å²) in [6, 6.07) is 16.9. The van der Waals surface area contributed by atoms with Crippen LogP contribution in [-0.4, -0.2) is 24.2 Å². The molecule has 0 saturated heterocycles. The predicted octanol–water partition coefficient (Wildman–Crippen LogP) is 4.36. The molecule has 4 nitrogen and oxygen atoms in total. The maximum Gasteiger partial charge on any atom is 0.167 e. The van der Waals surface area contributed by atoms with Crippen molar-refractivity contribution >= 4 is 17.7 Å². The second kappa shape index (κ2) is 7.13. The number of nitrogens with zero attached hydrogens (tertiary/aromatic N) is 1. The summed E-state index contributed by atoms with van der Waals surface area (Å²) in [7, 11) is 1.60. The lowest BCUT2D eigenvalue weighted by Gasteiger charge is -2.22. The smallest absolute Gasteiger partial charge is 0.167 e. The Kier molecular flexibility index (Phi) is 4.75. The molecule has 1 N–H and O–H groups in total. The number of ether oxygens (including phenoxy) is 1. The van der Waals surface area contributed by atoms with E-state index in [9.17, 15) is 9.90 Å². The highest BCUT2D eigenvalue weighted by Crippen LogP contribution is 2.34. The van der Waals surface area contributed by atoms with Crippen LogP contribution in [0.3, 0.4) is 0 Å². The van der Waals surface area contributed by atoms with Gasteiger partial charge in [0.25, 0.3) is 0 Å². The first-order chi connectivity index (χ1) is 11.7. The second-order valence-corrected chi connectivity index (χ2v) is 5.68. The average molecular weight is 321 g/mol. The van der Waals surface area contributed by atoms with Gasteiger partial charge in [0.2, 0.25) is 0 Å². The molecule has 0 radical (unpaired) electrons. The molecule has 4 heteroatoms. The normalized spacial score (nSPS) is 18.2. The Morgan fingerprint density at radius 3 is 2.50 bits per heavy atom. The standard InChI is InChI=1S/C20H19NO3/c1-24-16-9-7-15(8-10-16)21-13-18-19(22)12-11-17(20(18)23)14-5-3-2-4-6-14/h2-10,13,17,23H,11-12H2,1H3. The zero-order valence-electron chi connectivity index (χ0n) is 13.5. The highest BCUT2D eigenvalue weighted by Gasteiger charge is 2.28. The summed E-state index contributed by atoms with van der Waals surface area (Å²) in [5.74, 6) is 0.627.